The summed E-state index contributed by atoms with van der Waals surface area (Å²) < 4.78 is 0. The van der Waals surface area contributed by atoms with E-state index in [4.69, 9.17) is 5.73 Å². The fourth-order valence-corrected chi connectivity index (χ4v) is 2.42. The fraction of sp³-hybridized carbons (Fsp3) is 0.667. The van der Waals surface area contributed by atoms with Crippen molar-refractivity contribution in [2.75, 3.05) is 0 Å². The molecule has 1 fully saturated rings. The number of aryl methyl sites for hydroxylation is 1. The molecule has 0 aromatic carbocycles. The van der Waals surface area contributed by atoms with E-state index >= 15 is 0 Å². The second-order valence-corrected chi connectivity index (χ2v) is 4.88. The van der Waals surface area contributed by atoms with Crippen LogP contribution in [0.2, 0.25) is 0 Å². The molecular weight excluding hydrogens is 168 g/mol. The number of nitrogens with two attached hydrogens (primary N) is 1. The van der Waals surface area contributed by atoms with Crippen molar-refractivity contribution in [3.05, 3.63) is 15.6 Å². The zero-order valence-electron chi connectivity index (χ0n) is 7.55. The van der Waals surface area contributed by atoms with Gasteiger partial charge >= 0.3 is 0 Å². The number of rotatable bonds is 2. The minimum absolute atomic E-state index is 0.406. The van der Waals surface area contributed by atoms with Crippen molar-refractivity contribution >= 4 is 11.3 Å². The predicted molar refractivity (Wildman–Crippen MR) is 51.3 cm³/mol. The molecule has 3 heteroatoms. The van der Waals surface area contributed by atoms with E-state index in [2.05, 4.69) is 11.9 Å². The Morgan fingerprint density at radius 2 is 2.25 bits per heavy atom. The van der Waals surface area contributed by atoms with Gasteiger partial charge in [0.1, 0.15) is 0 Å². The average Bonchev–Trinajstić information content (AvgIpc) is 2.65. The monoisotopic (exact) mass is 182 g/mol. The van der Waals surface area contributed by atoms with E-state index in [1.807, 2.05) is 6.92 Å². The maximum absolute atomic E-state index is 5.60. The summed E-state index contributed by atoms with van der Waals surface area (Å²) in [5.41, 5.74) is 7.13. The van der Waals surface area contributed by atoms with Crippen molar-refractivity contribution in [3.63, 3.8) is 0 Å². The van der Waals surface area contributed by atoms with E-state index in [0.29, 0.717) is 12.0 Å². The van der Waals surface area contributed by atoms with Crippen molar-refractivity contribution in [2.24, 2.45) is 5.73 Å². The molecule has 0 unspecified atom stereocenters. The molecule has 2 N–H and O–H groups in total. The predicted octanol–water partition coefficient (Wildman–Crippen LogP) is 1.96. The van der Waals surface area contributed by atoms with Crippen LogP contribution in [0.15, 0.2) is 0 Å². The number of nitrogens with zero attached hydrogens (tertiary/aromatic N) is 1. The third-order valence-corrected chi connectivity index (χ3v) is 4.08. The van der Waals surface area contributed by atoms with Crippen LogP contribution in [0.3, 0.4) is 0 Å². The third kappa shape index (κ3) is 1.17. The first-order chi connectivity index (χ1) is 5.65. The number of thiazole rings is 1. The largest absolute Gasteiger partial charge is 0.326 e. The third-order valence-electron chi connectivity index (χ3n) is 2.59. The lowest BCUT2D eigenvalue weighted by Gasteiger charge is -1.99. The Kier molecular flexibility index (Phi) is 1.73. The van der Waals surface area contributed by atoms with Crippen LogP contribution in [0.5, 0.6) is 0 Å². The molecule has 12 heavy (non-hydrogen) atoms. The summed E-state index contributed by atoms with van der Waals surface area (Å²) >= 11 is 1.79. The summed E-state index contributed by atoms with van der Waals surface area (Å²) in [7, 11) is 0. The van der Waals surface area contributed by atoms with E-state index in [1.54, 1.807) is 11.3 Å². The van der Waals surface area contributed by atoms with Gasteiger partial charge in [0.05, 0.1) is 10.7 Å². The van der Waals surface area contributed by atoms with Crippen molar-refractivity contribution in [1.29, 1.82) is 0 Å². The van der Waals surface area contributed by atoms with Gasteiger partial charge in [-0.1, -0.05) is 6.92 Å². The van der Waals surface area contributed by atoms with Gasteiger partial charge < -0.3 is 5.73 Å². The second-order valence-electron chi connectivity index (χ2n) is 3.79. The van der Waals surface area contributed by atoms with Crippen LogP contribution in [-0.2, 0) is 12.0 Å². The van der Waals surface area contributed by atoms with Gasteiger partial charge in [0.25, 0.3) is 0 Å². The highest BCUT2D eigenvalue weighted by atomic mass is 32.1. The molecule has 1 aliphatic rings. The summed E-state index contributed by atoms with van der Waals surface area (Å²) in [4.78, 5) is 5.80. The maximum atomic E-state index is 5.60. The molecule has 0 atom stereocenters. The normalized spacial score (nSPS) is 19.6. The quantitative estimate of drug-likeness (QED) is 0.759. The molecule has 0 aliphatic heterocycles. The lowest BCUT2D eigenvalue weighted by Crippen LogP contribution is -1.97. The highest BCUT2D eigenvalue weighted by Gasteiger charge is 2.42. The van der Waals surface area contributed by atoms with Crippen LogP contribution in [0.1, 0.15) is 35.3 Å². The van der Waals surface area contributed by atoms with Crippen molar-refractivity contribution in [3.8, 4) is 0 Å². The number of aromatic nitrogens is 1. The lowest BCUT2D eigenvalue weighted by molar-refractivity contribution is 0.772. The number of hydrogen-bond acceptors (Lipinski definition) is 3. The SMILES string of the molecule is Cc1nc(C2(C)CC2)sc1CN. The van der Waals surface area contributed by atoms with E-state index in [0.717, 1.165) is 5.69 Å². The van der Waals surface area contributed by atoms with Gasteiger partial charge in [0, 0.05) is 16.8 Å². The lowest BCUT2D eigenvalue weighted by atomic mass is 10.2. The molecule has 66 valence electrons. The Labute approximate surface area is 76.8 Å². The van der Waals surface area contributed by atoms with Crippen molar-refractivity contribution in [1.82, 2.24) is 4.98 Å². The second kappa shape index (κ2) is 2.54. The summed E-state index contributed by atoms with van der Waals surface area (Å²) in [6, 6.07) is 0. The zero-order valence-corrected chi connectivity index (χ0v) is 8.37. The molecular formula is C9H14N2S. The standard InChI is InChI=1S/C9H14N2S/c1-6-7(5-10)12-8(11-6)9(2)3-4-9/h3-5,10H2,1-2H3. The van der Waals surface area contributed by atoms with Gasteiger partial charge in [-0.25, -0.2) is 4.98 Å². The molecule has 0 saturated heterocycles. The van der Waals surface area contributed by atoms with Gasteiger partial charge in [-0.2, -0.15) is 0 Å². The van der Waals surface area contributed by atoms with E-state index in [1.165, 1.54) is 22.7 Å². The Hall–Kier alpha value is -0.410. The molecule has 1 aliphatic carbocycles. The molecule has 2 nitrogen and oxygen atoms in total. The highest BCUT2D eigenvalue weighted by molar-refractivity contribution is 7.11. The molecule has 0 radical (unpaired) electrons. The Morgan fingerprint density at radius 1 is 1.58 bits per heavy atom. The first-order valence-electron chi connectivity index (χ1n) is 4.32. The molecule has 1 saturated carbocycles. The van der Waals surface area contributed by atoms with Crippen LogP contribution in [0.25, 0.3) is 0 Å². The first kappa shape index (κ1) is 8.20. The molecule has 1 aromatic rings. The summed E-state index contributed by atoms with van der Waals surface area (Å²) in [6.07, 6.45) is 2.59. The Morgan fingerprint density at radius 3 is 2.67 bits per heavy atom. The molecule has 0 spiro atoms. The van der Waals surface area contributed by atoms with Crippen LogP contribution in [0, 0.1) is 6.92 Å². The summed E-state index contributed by atoms with van der Waals surface area (Å²) in [5.74, 6) is 0. The first-order valence-corrected chi connectivity index (χ1v) is 5.14. The smallest absolute Gasteiger partial charge is 0.0990 e. The molecule has 1 heterocycles. The van der Waals surface area contributed by atoms with Crippen LogP contribution in [-0.4, -0.2) is 4.98 Å². The molecule has 1 aromatic heterocycles. The van der Waals surface area contributed by atoms with E-state index in [9.17, 15) is 0 Å². The van der Waals surface area contributed by atoms with Crippen LogP contribution >= 0.6 is 11.3 Å². The van der Waals surface area contributed by atoms with Crippen LogP contribution < -0.4 is 5.73 Å². The highest BCUT2D eigenvalue weighted by Crippen LogP contribution is 2.49. The van der Waals surface area contributed by atoms with Crippen molar-refractivity contribution < 1.29 is 0 Å². The fourth-order valence-electron chi connectivity index (χ4n) is 1.28. The number of hydrogen-bond donors (Lipinski definition) is 1. The minimum Gasteiger partial charge on any atom is -0.326 e. The van der Waals surface area contributed by atoms with Gasteiger partial charge in [-0.3, -0.25) is 0 Å². The topological polar surface area (TPSA) is 38.9 Å². The van der Waals surface area contributed by atoms with Gasteiger partial charge in [-0.15, -0.1) is 11.3 Å². The van der Waals surface area contributed by atoms with Gasteiger partial charge in [0.2, 0.25) is 0 Å². The van der Waals surface area contributed by atoms with E-state index in [-0.39, 0.29) is 0 Å². The summed E-state index contributed by atoms with van der Waals surface area (Å²) in [5, 5.41) is 1.29. The Balaban J connectivity index is 2.34. The van der Waals surface area contributed by atoms with Gasteiger partial charge in [0.15, 0.2) is 0 Å². The summed E-state index contributed by atoms with van der Waals surface area (Å²) in [6.45, 7) is 4.97. The molecule has 2 rings (SSSR count). The van der Waals surface area contributed by atoms with Gasteiger partial charge in [-0.05, 0) is 19.8 Å². The average molecular weight is 182 g/mol. The molecule has 0 bridgehead atoms. The van der Waals surface area contributed by atoms with Crippen LogP contribution in [0.4, 0.5) is 0 Å². The molecule has 0 amide bonds. The van der Waals surface area contributed by atoms with Crippen molar-refractivity contribution in [2.45, 2.75) is 38.6 Å². The zero-order chi connectivity index (χ0) is 8.77. The van der Waals surface area contributed by atoms with E-state index < -0.39 is 0 Å². The maximum Gasteiger partial charge on any atom is 0.0990 e. The minimum atomic E-state index is 0.406. The Bertz CT molecular complexity index is 299.